The van der Waals surface area contributed by atoms with Gasteiger partial charge in [0, 0.05) is 18.5 Å². The van der Waals surface area contributed by atoms with E-state index in [1.807, 2.05) is 43.3 Å². The number of rotatable bonds is 4. The summed E-state index contributed by atoms with van der Waals surface area (Å²) in [5.41, 5.74) is 6.49. The fourth-order valence-corrected chi connectivity index (χ4v) is 1.27. The molecule has 0 aliphatic rings. The van der Waals surface area contributed by atoms with E-state index < -0.39 is 0 Å². The van der Waals surface area contributed by atoms with E-state index >= 15 is 0 Å². The Morgan fingerprint density at radius 2 is 1.88 bits per heavy atom. The van der Waals surface area contributed by atoms with Crippen molar-refractivity contribution in [1.29, 1.82) is 0 Å². The number of ether oxygens (including phenoxy) is 1. The Morgan fingerprint density at radius 1 is 1.25 bits per heavy atom. The van der Waals surface area contributed by atoms with E-state index in [0.717, 1.165) is 0 Å². The highest BCUT2D eigenvalue weighted by Gasteiger charge is 2.07. The van der Waals surface area contributed by atoms with Gasteiger partial charge >= 0.3 is 0 Å². The lowest BCUT2D eigenvalue weighted by Crippen LogP contribution is -2.11. The quantitative estimate of drug-likeness (QED) is 0.845. The summed E-state index contributed by atoms with van der Waals surface area (Å²) < 4.78 is 5.07. The molecule has 1 aromatic heterocycles. The summed E-state index contributed by atoms with van der Waals surface area (Å²) in [4.78, 5) is 6.15. The fourth-order valence-electron chi connectivity index (χ4n) is 1.27. The third kappa shape index (κ3) is 2.76. The summed E-state index contributed by atoms with van der Waals surface area (Å²) in [5, 5.41) is 0. The second-order valence-electron chi connectivity index (χ2n) is 3.14. The summed E-state index contributed by atoms with van der Waals surface area (Å²) in [6.07, 6.45) is 7.61. The SMILES string of the molecule is C/C=C/N(/C=C/C)c1nc(OC)ccc1N. The molecule has 0 bridgehead atoms. The zero-order chi connectivity index (χ0) is 12.0. The Balaban J connectivity index is 3.16. The van der Waals surface area contributed by atoms with Crippen LogP contribution in [0.5, 0.6) is 5.88 Å². The van der Waals surface area contributed by atoms with Crippen LogP contribution in [0.3, 0.4) is 0 Å². The second kappa shape index (κ2) is 5.80. The summed E-state index contributed by atoms with van der Waals surface area (Å²) in [6.45, 7) is 3.87. The number of nitrogen functional groups attached to an aromatic ring is 1. The van der Waals surface area contributed by atoms with Gasteiger partial charge in [-0.1, -0.05) is 12.2 Å². The Morgan fingerprint density at radius 3 is 2.38 bits per heavy atom. The van der Waals surface area contributed by atoms with Crippen molar-refractivity contribution in [3.05, 3.63) is 36.7 Å². The molecule has 86 valence electrons. The fraction of sp³-hybridized carbons (Fsp3) is 0.250. The van der Waals surface area contributed by atoms with Gasteiger partial charge in [-0.2, -0.15) is 4.98 Å². The maximum Gasteiger partial charge on any atom is 0.215 e. The molecule has 4 nitrogen and oxygen atoms in total. The predicted octanol–water partition coefficient (Wildman–Crippen LogP) is 2.55. The van der Waals surface area contributed by atoms with E-state index in [9.17, 15) is 0 Å². The molecule has 0 aromatic carbocycles. The minimum atomic E-state index is 0.545. The first-order chi connectivity index (χ1) is 7.72. The number of pyridine rings is 1. The smallest absolute Gasteiger partial charge is 0.215 e. The van der Waals surface area contributed by atoms with Crippen LogP contribution >= 0.6 is 0 Å². The van der Waals surface area contributed by atoms with Crippen molar-refractivity contribution in [1.82, 2.24) is 4.98 Å². The number of anilines is 2. The third-order valence-electron chi connectivity index (χ3n) is 1.95. The highest BCUT2D eigenvalue weighted by Crippen LogP contribution is 2.24. The molecule has 16 heavy (non-hydrogen) atoms. The molecule has 0 fully saturated rings. The van der Waals surface area contributed by atoms with Crippen molar-refractivity contribution in [3.8, 4) is 5.88 Å². The van der Waals surface area contributed by atoms with Crippen LogP contribution in [-0.2, 0) is 0 Å². The zero-order valence-electron chi connectivity index (χ0n) is 9.84. The molecule has 0 spiro atoms. The molecule has 1 heterocycles. The molecule has 0 atom stereocenters. The molecule has 1 aromatic rings. The Labute approximate surface area is 96.0 Å². The monoisotopic (exact) mass is 219 g/mol. The molecule has 0 saturated carbocycles. The first-order valence-electron chi connectivity index (χ1n) is 5.07. The number of hydrogen-bond donors (Lipinski definition) is 1. The van der Waals surface area contributed by atoms with E-state index in [1.54, 1.807) is 19.2 Å². The van der Waals surface area contributed by atoms with Crippen molar-refractivity contribution in [3.63, 3.8) is 0 Å². The van der Waals surface area contributed by atoms with Crippen LogP contribution in [-0.4, -0.2) is 12.1 Å². The van der Waals surface area contributed by atoms with Crippen molar-refractivity contribution in [2.24, 2.45) is 0 Å². The van der Waals surface area contributed by atoms with Crippen molar-refractivity contribution in [2.75, 3.05) is 17.7 Å². The molecular formula is C12H17N3O. The predicted molar refractivity (Wildman–Crippen MR) is 67.3 cm³/mol. The van der Waals surface area contributed by atoms with Crippen LogP contribution in [0.2, 0.25) is 0 Å². The number of nitrogens with zero attached hydrogens (tertiary/aromatic N) is 2. The van der Waals surface area contributed by atoms with Crippen LogP contribution < -0.4 is 15.4 Å². The average molecular weight is 219 g/mol. The number of aromatic nitrogens is 1. The van der Waals surface area contributed by atoms with Gasteiger partial charge in [0.15, 0.2) is 5.82 Å². The minimum absolute atomic E-state index is 0.545. The first kappa shape index (κ1) is 12.1. The summed E-state index contributed by atoms with van der Waals surface area (Å²) in [6, 6.07) is 3.52. The van der Waals surface area contributed by atoms with Crippen LogP contribution in [0.1, 0.15) is 13.8 Å². The first-order valence-corrected chi connectivity index (χ1v) is 5.07. The Bertz CT molecular complexity index is 387. The minimum Gasteiger partial charge on any atom is -0.481 e. The average Bonchev–Trinajstić information content (AvgIpc) is 2.29. The normalized spacial score (nSPS) is 11.2. The third-order valence-corrected chi connectivity index (χ3v) is 1.95. The number of nitrogens with two attached hydrogens (primary N) is 1. The maximum absolute atomic E-state index is 5.88. The molecule has 0 saturated heterocycles. The molecule has 2 N–H and O–H groups in total. The van der Waals surface area contributed by atoms with E-state index in [4.69, 9.17) is 10.5 Å². The van der Waals surface area contributed by atoms with E-state index in [-0.39, 0.29) is 0 Å². The summed E-state index contributed by atoms with van der Waals surface area (Å²) >= 11 is 0. The molecule has 0 radical (unpaired) electrons. The molecule has 0 aliphatic carbocycles. The summed E-state index contributed by atoms with van der Waals surface area (Å²) in [5.74, 6) is 1.21. The lowest BCUT2D eigenvalue weighted by Gasteiger charge is -2.16. The second-order valence-corrected chi connectivity index (χ2v) is 3.14. The molecule has 0 unspecified atom stereocenters. The van der Waals surface area contributed by atoms with Gasteiger partial charge in [0.05, 0.1) is 12.8 Å². The van der Waals surface area contributed by atoms with E-state index in [2.05, 4.69) is 4.98 Å². The Hall–Kier alpha value is -1.97. The van der Waals surface area contributed by atoms with Crippen LogP contribution in [0, 0.1) is 0 Å². The van der Waals surface area contributed by atoms with Gasteiger partial charge in [-0.3, -0.25) is 0 Å². The van der Waals surface area contributed by atoms with Crippen molar-refractivity contribution in [2.45, 2.75) is 13.8 Å². The lowest BCUT2D eigenvalue weighted by atomic mass is 10.3. The number of allylic oxidation sites excluding steroid dienone is 2. The standard InChI is InChI=1S/C12H17N3O/c1-4-8-15(9-5-2)12-10(13)6-7-11(14-12)16-3/h4-9H,13H2,1-3H3/b8-4+,9-5+. The van der Waals surface area contributed by atoms with Gasteiger partial charge in [-0.05, 0) is 19.9 Å². The van der Waals surface area contributed by atoms with Gasteiger partial charge < -0.3 is 15.4 Å². The largest absolute Gasteiger partial charge is 0.481 e. The molecule has 4 heteroatoms. The van der Waals surface area contributed by atoms with Gasteiger partial charge in [-0.25, -0.2) is 0 Å². The van der Waals surface area contributed by atoms with Gasteiger partial charge in [0.25, 0.3) is 0 Å². The van der Waals surface area contributed by atoms with E-state index in [0.29, 0.717) is 17.4 Å². The molecular weight excluding hydrogens is 202 g/mol. The molecule has 0 aliphatic heterocycles. The highest BCUT2D eigenvalue weighted by molar-refractivity contribution is 5.66. The number of hydrogen-bond acceptors (Lipinski definition) is 4. The maximum atomic E-state index is 5.88. The topological polar surface area (TPSA) is 51.4 Å². The molecule has 0 amide bonds. The molecule has 1 rings (SSSR count). The lowest BCUT2D eigenvalue weighted by molar-refractivity contribution is 0.398. The van der Waals surface area contributed by atoms with Crippen molar-refractivity contribution < 1.29 is 4.74 Å². The van der Waals surface area contributed by atoms with Gasteiger partial charge in [0.1, 0.15) is 0 Å². The van der Waals surface area contributed by atoms with Gasteiger partial charge in [-0.15, -0.1) is 0 Å². The Kier molecular flexibility index (Phi) is 4.39. The zero-order valence-corrected chi connectivity index (χ0v) is 9.84. The van der Waals surface area contributed by atoms with Crippen LogP contribution in [0.15, 0.2) is 36.7 Å². The van der Waals surface area contributed by atoms with Crippen molar-refractivity contribution >= 4 is 11.5 Å². The van der Waals surface area contributed by atoms with Gasteiger partial charge in [0.2, 0.25) is 5.88 Å². The number of methoxy groups -OCH3 is 1. The highest BCUT2D eigenvalue weighted by atomic mass is 16.5. The van der Waals surface area contributed by atoms with E-state index in [1.165, 1.54) is 0 Å². The summed E-state index contributed by atoms with van der Waals surface area (Å²) in [7, 11) is 1.58. The van der Waals surface area contributed by atoms with Crippen LogP contribution in [0.4, 0.5) is 11.5 Å². The van der Waals surface area contributed by atoms with Crippen LogP contribution in [0.25, 0.3) is 0 Å².